The zero-order chi connectivity index (χ0) is 12.5. The molecule has 0 aromatic heterocycles. The minimum atomic E-state index is -4.03. The van der Waals surface area contributed by atoms with Gasteiger partial charge in [-0.25, -0.2) is 9.18 Å². The molecular weight excluding hydrogens is 312 g/mol. The molecule has 0 fully saturated rings. The molecule has 1 N–H and O–H groups in total. The zero-order valence-electron chi connectivity index (χ0n) is 7.61. The van der Waals surface area contributed by atoms with E-state index in [2.05, 4.69) is 15.9 Å². The molecule has 1 aromatic carbocycles. The van der Waals surface area contributed by atoms with Crippen molar-refractivity contribution in [3.8, 4) is 0 Å². The Bertz CT molecular complexity index is 437. The molecule has 88 valence electrons. The number of hydrogen-bond donors (Lipinski definition) is 1. The van der Waals surface area contributed by atoms with Crippen molar-refractivity contribution in [1.29, 1.82) is 0 Å². The van der Waals surface area contributed by atoms with Crippen molar-refractivity contribution in [1.82, 2.24) is 0 Å². The molecule has 0 amide bonds. The predicted molar refractivity (Wildman–Crippen MR) is 55.4 cm³/mol. The monoisotopic (exact) mass is 316 g/mol. The molecule has 16 heavy (non-hydrogen) atoms. The van der Waals surface area contributed by atoms with Crippen molar-refractivity contribution in [2.75, 3.05) is 0 Å². The number of carboxylic acid groups (broad SMARTS) is 1. The fourth-order valence-corrected chi connectivity index (χ4v) is 1.65. The first kappa shape index (κ1) is 13.3. The molecule has 0 aliphatic carbocycles. The van der Waals surface area contributed by atoms with Gasteiger partial charge in [0.25, 0.3) is 0 Å². The first-order valence-electron chi connectivity index (χ1n) is 3.99. The molecule has 0 saturated heterocycles. The van der Waals surface area contributed by atoms with Gasteiger partial charge in [0.15, 0.2) is 0 Å². The summed E-state index contributed by atoms with van der Waals surface area (Å²) in [5.74, 6) is -7.38. The zero-order valence-corrected chi connectivity index (χ0v) is 9.95. The van der Waals surface area contributed by atoms with Gasteiger partial charge in [-0.15, -0.1) is 0 Å². The smallest absolute Gasteiger partial charge is 0.374 e. The highest BCUT2D eigenvalue weighted by Gasteiger charge is 2.40. The summed E-state index contributed by atoms with van der Waals surface area (Å²) in [4.78, 5) is 10.2. The largest absolute Gasteiger partial charge is 0.477 e. The number of benzene rings is 1. The topological polar surface area (TPSA) is 37.3 Å². The average molecular weight is 317 g/mol. The Morgan fingerprint density at radius 3 is 2.56 bits per heavy atom. The van der Waals surface area contributed by atoms with E-state index in [0.29, 0.717) is 0 Å². The minimum Gasteiger partial charge on any atom is -0.477 e. The summed E-state index contributed by atoms with van der Waals surface area (Å²) in [5, 5.41) is 7.90. The van der Waals surface area contributed by atoms with Crippen molar-refractivity contribution in [3.63, 3.8) is 0 Å². The lowest BCUT2D eigenvalue weighted by Gasteiger charge is -2.13. The quantitative estimate of drug-likeness (QED) is 0.866. The molecule has 0 heterocycles. The summed E-state index contributed by atoms with van der Waals surface area (Å²) >= 11 is 8.26. The molecule has 0 radical (unpaired) electrons. The SMILES string of the molecule is O=C(O)C(F)(F)Cc1c(Br)ccc(Cl)c1F. The van der Waals surface area contributed by atoms with Crippen LogP contribution in [-0.2, 0) is 11.2 Å². The molecule has 0 spiro atoms. The molecule has 0 atom stereocenters. The van der Waals surface area contributed by atoms with E-state index < -0.39 is 29.7 Å². The van der Waals surface area contributed by atoms with E-state index in [1.807, 2.05) is 0 Å². The average Bonchev–Trinajstić information content (AvgIpc) is 2.18. The summed E-state index contributed by atoms with van der Waals surface area (Å²) < 4.78 is 39.2. The first-order valence-corrected chi connectivity index (χ1v) is 5.16. The van der Waals surface area contributed by atoms with Gasteiger partial charge in [0, 0.05) is 10.0 Å². The third-order valence-corrected chi connectivity index (χ3v) is 2.89. The number of rotatable bonds is 3. The fourth-order valence-electron chi connectivity index (χ4n) is 1.03. The molecular formula is C9H5BrClF3O2. The highest BCUT2D eigenvalue weighted by Crippen LogP contribution is 2.31. The number of alkyl halides is 2. The van der Waals surface area contributed by atoms with Gasteiger partial charge in [-0.1, -0.05) is 27.5 Å². The van der Waals surface area contributed by atoms with Crippen LogP contribution in [0.2, 0.25) is 5.02 Å². The Kier molecular flexibility index (Phi) is 3.85. The predicted octanol–water partition coefficient (Wildman–Crippen LogP) is 3.50. The second kappa shape index (κ2) is 4.63. The maximum atomic E-state index is 13.4. The lowest BCUT2D eigenvalue weighted by molar-refractivity contribution is -0.164. The van der Waals surface area contributed by atoms with Crippen LogP contribution in [0.3, 0.4) is 0 Å². The van der Waals surface area contributed by atoms with Crippen molar-refractivity contribution in [2.24, 2.45) is 0 Å². The van der Waals surface area contributed by atoms with E-state index in [1.54, 1.807) is 0 Å². The second-order valence-electron chi connectivity index (χ2n) is 3.01. The van der Waals surface area contributed by atoms with E-state index in [1.165, 1.54) is 12.1 Å². The van der Waals surface area contributed by atoms with Crippen molar-refractivity contribution in [3.05, 3.63) is 33.0 Å². The summed E-state index contributed by atoms with van der Waals surface area (Å²) in [6.07, 6.45) is -1.25. The standard InChI is InChI=1S/C9H5BrClF3O2/c10-5-1-2-6(11)7(12)4(5)3-9(13,14)8(15)16/h1-2H,3H2,(H,15,16). The highest BCUT2D eigenvalue weighted by molar-refractivity contribution is 9.10. The van der Waals surface area contributed by atoms with E-state index in [9.17, 15) is 18.0 Å². The van der Waals surface area contributed by atoms with Crippen LogP contribution in [0.4, 0.5) is 13.2 Å². The van der Waals surface area contributed by atoms with Gasteiger partial charge >= 0.3 is 11.9 Å². The number of halogens is 5. The Morgan fingerprint density at radius 1 is 1.50 bits per heavy atom. The fraction of sp³-hybridized carbons (Fsp3) is 0.222. The summed E-state index contributed by atoms with van der Waals surface area (Å²) in [6.45, 7) is 0. The van der Waals surface area contributed by atoms with Gasteiger partial charge in [0.05, 0.1) is 11.4 Å². The van der Waals surface area contributed by atoms with E-state index in [-0.39, 0.29) is 9.50 Å². The molecule has 7 heteroatoms. The summed E-state index contributed by atoms with van der Waals surface area (Å²) in [5.41, 5.74) is -0.458. The molecule has 0 aliphatic rings. The molecule has 0 saturated carbocycles. The summed E-state index contributed by atoms with van der Waals surface area (Å²) in [7, 11) is 0. The van der Waals surface area contributed by atoms with Crippen LogP contribution < -0.4 is 0 Å². The van der Waals surface area contributed by atoms with Crippen LogP contribution in [-0.4, -0.2) is 17.0 Å². The van der Waals surface area contributed by atoms with Crippen LogP contribution in [0, 0.1) is 5.82 Å². The lowest BCUT2D eigenvalue weighted by atomic mass is 10.1. The van der Waals surface area contributed by atoms with Gasteiger partial charge < -0.3 is 5.11 Å². The normalized spacial score (nSPS) is 11.6. The van der Waals surface area contributed by atoms with E-state index in [4.69, 9.17) is 16.7 Å². The maximum Gasteiger partial charge on any atom is 0.374 e. The molecule has 1 rings (SSSR count). The van der Waals surface area contributed by atoms with Crippen LogP contribution in [0.15, 0.2) is 16.6 Å². The molecule has 2 nitrogen and oxygen atoms in total. The highest BCUT2D eigenvalue weighted by atomic mass is 79.9. The van der Waals surface area contributed by atoms with Crippen LogP contribution in [0.25, 0.3) is 0 Å². The third-order valence-electron chi connectivity index (χ3n) is 1.85. The number of aliphatic carboxylic acids is 1. The van der Waals surface area contributed by atoms with Gasteiger partial charge in [0.1, 0.15) is 5.82 Å². The van der Waals surface area contributed by atoms with Crippen LogP contribution in [0.5, 0.6) is 0 Å². The van der Waals surface area contributed by atoms with Gasteiger partial charge in [0.2, 0.25) is 0 Å². The molecule has 0 unspecified atom stereocenters. The lowest BCUT2D eigenvalue weighted by Crippen LogP contribution is -2.31. The Balaban J connectivity index is 3.15. The van der Waals surface area contributed by atoms with Crippen LogP contribution >= 0.6 is 27.5 Å². The van der Waals surface area contributed by atoms with E-state index >= 15 is 0 Å². The number of hydrogen-bond acceptors (Lipinski definition) is 1. The minimum absolute atomic E-state index is 0.0512. The first-order chi connectivity index (χ1) is 7.25. The Morgan fingerprint density at radius 2 is 2.06 bits per heavy atom. The van der Waals surface area contributed by atoms with Gasteiger partial charge in [-0.2, -0.15) is 8.78 Å². The van der Waals surface area contributed by atoms with Crippen molar-refractivity contribution >= 4 is 33.5 Å². The molecule has 0 aliphatic heterocycles. The Hall–Kier alpha value is -0.750. The second-order valence-corrected chi connectivity index (χ2v) is 4.27. The number of carboxylic acids is 1. The third kappa shape index (κ3) is 2.68. The summed E-state index contributed by atoms with van der Waals surface area (Å²) in [6, 6.07) is 2.46. The van der Waals surface area contributed by atoms with Gasteiger partial charge in [-0.3, -0.25) is 0 Å². The number of carbonyl (C=O) groups is 1. The molecule has 1 aromatic rings. The maximum absolute atomic E-state index is 13.4. The van der Waals surface area contributed by atoms with E-state index in [0.717, 1.165) is 0 Å². The molecule has 0 bridgehead atoms. The van der Waals surface area contributed by atoms with Crippen molar-refractivity contribution < 1.29 is 23.1 Å². The van der Waals surface area contributed by atoms with Crippen molar-refractivity contribution in [2.45, 2.75) is 12.3 Å². The Labute approximate surface area is 102 Å². The van der Waals surface area contributed by atoms with Gasteiger partial charge in [-0.05, 0) is 12.1 Å². The van der Waals surface area contributed by atoms with Crippen LogP contribution in [0.1, 0.15) is 5.56 Å².